The zero-order chi connectivity index (χ0) is 9.49. The van der Waals surface area contributed by atoms with Crippen molar-refractivity contribution >= 4 is 57.0 Å². The second kappa shape index (κ2) is 9.69. The summed E-state index contributed by atoms with van der Waals surface area (Å²) in [6.07, 6.45) is 0.471. The molecule has 5 nitrogen and oxygen atoms in total. The van der Waals surface area contributed by atoms with E-state index in [0.29, 0.717) is 6.42 Å². The van der Waals surface area contributed by atoms with E-state index >= 15 is 0 Å². The molecular formula is C4H12N2NaO3S2. The van der Waals surface area contributed by atoms with Gasteiger partial charge < -0.3 is 11.5 Å². The minimum atomic E-state index is -3.67. The van der Waals surface area contributed by atoms with Crippen LogP contribution < -0.4 is 11.5 Å². The molecule has 1 radical (unpaired) electrons. The Bertz CT molecular complexity index is 200. The van der Waals surface area contributed by atoms with E-state index < -0.39 is 10.1 Å². The largest absolute Gasteiger partial charge is 0.377 e. The van der Waals surface area contributed by atoms with Crippen molar-refractivity contribution in [3.63, 3.8) is 0 Å². The van der Waals surface area contributed by atoms with Gasteiger partial charge in [-0.2, -0.15) is 8.42 Å². The van der Waals surface area contributed by atoms with E-state index in [4.69, 9.17) is 4.55 Å². The molecule has 0 aliphatic rings. The number of hydrogen-bond acceptors (Lipinski definition) is 3. The third kappa shape index (κ3) is 46.2. The normalized spacial score (nSPS) is 8.83. The number of rotatable bonds is 2. The smallest absolute Gasteiger partial charge is 0.264 e. The summed E-state index contributed by atoms with van der Waals surface area (Å²) in [4.78, 5) is 0. The molecule has 0 saturated heterocycles. The maximum Gasteiger partial charge on any atom is 0.264 e. The summed E-state index contributed by atoms with van der Waals surface area (Å²) in [5, 5.41) is 0.000000000000000222. The zero-order valence-electron chi connectivity index (χ0n) is 7.15. The van der Waals surface area contributed by atoms with Crippen molar-refractivity contribution in [2.45, 2.75) is 13.3 Å². The second-order valence-corrected chi connectivity index (χ2v) is 3.73. The van der Waals surface area contributed by atoms with Gasteiger partial charge in [0, 0.05) is 29.6 Å². The first kappa shape index (κ1) is 18.4. The molecule has 0 atom stereocenters. The van der Waals surface area contributed by atoms with Gasteiger partial charge in [-0.25, -0.2) is 0 Å². The van der Waals surface area contributed by atoms with Gasteiger partial charge in [0.2, 0.25) is 0 Å². The van der Waals surface area contributed by atoms with Crippen LogP contribution in [0.2, 0.25) is 0 Å². The van der Waals surface area contributed by atoms with Crippen LogP contribution in [0.1, 0.15) is 13.3 Å². The fourth-order valence-corrected chi connectivity index (χ4v) is 0.774. The summed E-state index contributed by atoms with van der Waals surface area (Å²) in [6, 6.07) is 0. The number of thiocarbonyl (C=S) groups is 1. The maximum absolute atomic E-state index is 9.79. The van der Waals surface area contributed by atoms with Gasteiger partial charge in [0.1, 0.15) is 0 Å². The Labute approximate surface area is 99.9 Å². The van der Waals surface area contributed by atoms with Crippen LogP contribution in [0.3, 0.4) is 0 Å². The SMILES string of the molecule is CCCS(=O)(=O)O.NC(N)=S.[Na]. The van der Waals surface area contributed by atoms with Crippen molar-refractivity contribution in [3.8, 4) is 0 Å². The third-order valence-corrected chi connectivity index (χ3v) is 1.39. The van der Waals surface area contributed by atoms with Gasteiger partial charge in [-0.05, 0) is 18.6 Å². The van der Waals surface area contributed by atoms with Crippen molar-refractivity contribution in [3.05, 3.63) is 0 Å². The number of nitrogens with two attached hydrogens (primary N) is 2. The van der Waals surface area contributed by atoms with Crippen molar-refractivity contribution in [2.24, 2.45) is 11.5 Å². The van der Waals surface area contributed by atoms with Gasteiger partial charge in [0.05, 0.1) is 5.75 Å². The maximum atomic E-state index is 9.79. The van der Waals surface area contributed by atoms with E-state index in [-0.39, 0.29) is 40.4 Å². The Morgan fingerprint density at radius 1 is 1.50 bits per heavy atom. The first-order chi connectivity index (χ1) is 4.79. The third-order valence-electron chi connectivity index (χ3n) is 0.462. The van der Waals surface area contributed by atoms with Crippen LogP contribution in [0.4, 0.5) is 0 Å². The van der Waals surface area contributed by atoms with Crippen molar-refractivity contribution < 1.29 is 13.0 Å². The summed E-state index contributed by atoms with van der Waals surface area (Å²) in [6.45, 7) is 1.69. The Hall–Kier alpha value is 0.600. The van der Waals surface area contributed by atoms with Gasteiger partial charge in [-0.15, -0.1) is 0 Å². The van der Waals surface area contributed by atoms with E-state index in [1.165, 1.54) is 0 Å². The van der Waals surface area contributed by atoms with Crippen LogP contribution in [-0.2, 0) is 10.1 Å². The van der Waals surface area contributed by atoms with Gasteiger partial charge >= 0.3 is 0 Å². The van der Waals surface area contributed by atoms with Crippen LogP contribution in [0.25, 0.3) is 0 Å². The Balaban J connectivity index is -0.000000142. The average Bonchev–Trinajstić information content (AvgIpc) is 1.58. The summed E-state index contributed by atoms with van der Waals surface area (Å²) < 4.78 is 27.6. The molecule has 0 amide bonds. The molecule has 0 saturated carbocycles. The van der Waals surface area contributed by atoms with Crippen LogP contribution in [-0.4, -0.2) is 53.4 Å². The monoisotopic (exact) mass is 223 g/mol. The molecule has 0 unspecified atom stereocenters. The molecule has 0 spiro atoms. The first-order valence-corrected chi connectivity index (χ1v) is 4.81. The molecule has 5 N–H and O–H groups in total. The predicted molar refractivity (Wildman–Crippen MR) is 53.4 cm³/mol. The molecule has 0 aliphatic carbocycles. The minimum Gasteiger partial charge on any atom is -0.377 e. The van der Waals surface area contributed by atoms with Crippen LogP contribution in [0, 0.1) is 0 Å². The van der Waals surface area contributed by atoms with Crippen LogP contribution in [0.5, 0.6) is 0 Å². The van der Waals surface area contributed by atoms with E-state index in [9.17, 15) is 8.42 Å². The van der Waals surface area contributed by atoms with Crippen molar-refractivity contribution in [1.29, 1.82) is 0 Å². The molecule has 12 heavy (non-hydrogen) atoms. The topological polar surface area (TPSA) is 106 Å². The fraction of sp³-hybridized carbons (Fsp3) is 0.750. The van der Waals surface area contributed by atoms with Gasteiger partial charge in [0.25, 0.3) is 10.1 Å². The summed E-state index contributed by atoms with van der Waals surface area (Å²) in [7, 11) is -3.67. The molecule has 0 heterocycles. The van der Waals surface area contributed by atoms with Crippen LogP contribution >= 0.6 is 12.2 Å². The fourth-order valence-electron chi connectivity index (χ4n) is 0.258. The summed E-state index contributed by atoms with van der Waals surface area (Å²) in [5.41, 5.74) is 9.24. The van der Waals surface area contributed by atoms with E-state index in [2.05, 4.69) is 23.7 Å². The average molecular weight is 223 g/mol. The van der Waals surface area contributed by atoms with Gasteiger partial charge in [-0.1, -0.05) is 6.92 Å². The Kier molecular flexibility index (Phi) is 14.8. The van der Waals surface area contributed by atoms with E-state index in [1.54, 1.807) is 6.92 Å². The van der Waals surface area contributed by atoms with Crippen LogP contribution in [0.15, 0.2) is 0 Å². The van der Waals surface area contributed by atoms with E-state index in [0.717, 1.165) is 0 Å². The molecule has 0 rings (SSSR count). The Morgan fingerprint density at radius 2 is 1.75 bits per heavy atom. The number of hydrogen-bond donors (Lipinski definition) is 3. The quantitative estimate of drug-likeness (QED) is 0.318. The van der Waals surface area contributed by atoms with Crippen molar-refractivity contribution in [2.75, 3.05) is 5.75 Å². The molecule has 8 heteroatoms. The van der Waals surface area contributed by atoms with Gasteiger partial charge in [0.15, 0.2) is 5.11 Å². The molecular weight excluding hydrogens is 211 g/mol. The molecule has 0 aliphatic heterocycles. The molecule has 0 aromatic heterocycles. The molecule has 0 fully saturated rings. The minimum absolute atomic E-state index is 0. The zero-order valence-corrected chi connectivity index (χ0v) is 10.8. The molecule has 0 aromatic rings. The van der Waals surface area contributed by atoms with E-state index in [1.807, 2.05) is 0 Å². The molecule has 0 bridgehead atoms. The molecule has 0 aromatic carbocycles. The second-order valence-electron chi connectivity index (χ2n) is 1.69. The first-order valence-electron chi connectivity index (χ1n) is 2.79. The van der Waals surface area contributed by atoms with Crippen molar-refractivity contribution in [1.82, 2.24) is 0 Å². The Morgan fingerprint density at radius 3 is 1.75 bits per heavy atom. The standard InChI is InChI=1S/C3H8O3S.CH4N2S.Na/c1-2-3-7(4,5)6;2-1(3)4;/h2-3H2,1H3,(H,4,5,6);(H4,2,3,4);. The van der Waals surface area contributed by atoms with Gasteiger partial charge in [-0.3, -0.25) is 4.55 Å². The summed E-state index contributed by atoms with van der Waals surface area (Å²) in [5.74, 6) is -0.132. The molecule has 69 valence electrons. The summed E-state index contributed by atoms with van der Waals surface area (Å²) >= 11 is 4.09. The predicted octanol–water partition coefficient (Wildman–Crippen LogP) is -0.908.